The molecule has 4 rings (SSSR count). The Morgan fingerprint density at radius 2 is 1.71 bits per heavy atom. The third kappa shape index (κ3) is 6.57. The quantitative estimate of drug-likeness (QED) is 0.327. The number of rotatable bonds is 7. The Hall–Kier alpha value is -3.32. The first-order chi connectivity index (χ1) is 17.9. The van der Waals surface area contributed by atoms with E-state index in [1.807, 2.05) is 42.5 Å². The fourth-order valence-electron chi connectivity index (χ4n) is 3.76. The summed E-state index contributed by atoms with van der Waals surface area (Å²) in [5.74, 6) is -1.07. The summed E-state index contributed by atoms with van der Waals surface area (Å²) in [6.07, 6.45) is 0. The van der Waals surface area contributed by atoms with Gasteiger partial charge in [-0.1, -0.05) is 54.1 Å². The molecule has 2 atom stereocenters. The molecule has 0 saturated heterocycles. The van der Waals surface area contributed by atoms with Gasteiger partial charge in [-0.2, -0.15) is 13.5 Å². The van der Waals surface area contributed by atoms with Crippen LogP contribution in [0.3, 0.4) is 0 Å². The number of guanidine groups is 1. The number of nitrogens with zero attached hydrogens (tertiary/aromatic N) is 3. The van der Waals surface area contributed by atoms with Crippen LogP contribution in [0.4, 0.5) is 4.39 Å². The first-order valence-corrected chi connectivity index (χ1v) is 14.9. The van der Waals surface area contributed by atoms with Crippen molar-refractivity contribution in [2.24, 2.45) is 14.6 Å². The zero-order chi connectivity index (χ0) is 27.5. The summed E-state index contributed by atoms with van der Waals surface area (Å²) in [6.45, 7) is 1.36. The lowest BCUT2D eigenvalue weighted by Gasteiger charge is -2.21. The van der Waals surface area contributed by atoms with Gasteiger partial charge in [-0.15, -0.1) is 4.40 Å². The van der Waals surface area contributed by atoms with Gasteiger partial charge in [0.15, 0.2) is 0 Å². The lowest BCUT2D eigenvalue weighted by molar-refractivity contribution is 0.454. The summed E-state index contributed by atoms with van der Waals surface area (Å²) in [5.41, 5.74) is 2.34. The lowest BCUT2D eigenvalue weighted by atomic mass is 9.91. The van der Waals surface area contributed by atoms with E-state index < -0.39 is 31.1 Å². The van der Waals surface area contributed by atoms with E-state index in [0.717, 1.165) is 35.4 Å². The van der Waals surface area contributed by atoms with E-state index in [1.54, 1.807) is 12.1 Å². The molecule has 1 aliphatic rings. The van der Waals surface area contributed by atoms with Crippen LogP contribution in [-0.4, -0.2) is 51.9 Å². The van der Waals surface area contributed by atoms with Gasteiger partial charge in [-0.05, 0) is 54.4 Å². The molecular formula is C25H25ClFN5O4S2. The zero-order valence-electron chi connectivity index (χ0n) is 20.2. The van der Waals surface area contributed by atoms with E-state index >= 15 is 0 Å². The summed E-state index contributed by atoms with van der Waals surface area (Å²) in [6, 6.07) is 20.8. The molecule has 3 aromatic rings. The van der Waals surface area contributed by atoms with E-state index in [0.29, 0.717) is 10.7 Å². The highest BCUT2D eigenvalue weighted by molar-refractivity contribution is 7.90. The van der Waals surface area contributed by atoms with Gasteiger partial charge in [0.05, 0.1) is 22.4 Å². The maximum Gasteiger partial charge on any atom is 0.285 e. The Bertz CT molecular complexity index is 1560. The number of hydrogen-bond donors (Lipinski definition) is 2. The normalized spacial score (nSPS) is 17.3. The van der Waals surface area contributed by atoms with Crippen molar-refractivity contribution in [1.29, 1.82) is 0 Å². The summed E-state index contributed by atoms with van der Waals surface area (Å²) >= 11 is 6.07. The molecule has 9 nitrogen and oxygen atoms in total. The number of primary sulfonamides is 1. The second-order valence-corrected chi connectivity index (χ2v) is 12.7. The minimum absolute atomic E-state index is 0.199. The van der Waals surface area contributed by atoms with Gasteiger partial charge in [0.25, 0.3) is 10.0 Å². The van der Waals surface area contributed by atoms with E-state index in [4.69, 9.17) is 16.7 Å². The van der Waals surface area contributed by atoms with Crippen LogP contribution in [0.15, 0.2) is 93.3 Å². The fourth-order valence-corrected chi connectivity index (χ4v) is 5.17. The predicted molar refractivity (Wildman–Crippen MR) is 145 cm³/mol. The highest BCUT2D eigenvalue weighted by Gasteiger charge is 2.33. The summed E-state index contributed by atoms with van der Waals surface area (Å²) in [7, 11) is -8.23. The molecule has 3 N–H and O–H groups in total. The lowest BCUT2D eigenvalue weighted by Crippen LogP contribution is -2.44. The molecular weight excluding hydrogens is 553 g/mol. The molecule has 0 amide bonds. The van der Waals surface area contributed by atoms with Crippen molar-refractivity contribution in [2.45, 2.75) is 23.0 Å². The number of nitrogens with two attached hydrogens (primary N) is 1. The summed E-state index contributed by atoms with van der Waals surface area (Å²) < 4.78 is 67.1. The number of benzene rings is 3. The van der Waals surface area contributed by atoms with Crippen LogP contribution in [0.25, 0.3) is 0 Å². The molecule has 1 aliphatic heterocycles. The fraction of sp³-hybridized carbons (Fsp3) is 0.200. The number of halogens is 2. The second kappa shape index (κ2) is 11.2. The smallest absolute Gasteiger partial charge is 0.285 e. The molecule has 0 spiro atoms. The van der Waals surface area contributed by atoms with Gasteiger partial charge in [-0.3, -0.25) is 0 Å². The maximum atomic E-state index is 13.4. The molecule has 38 heavy (non-hydrogen) atoms. The van der Waals surface area contributed by atoms with Crippen molar-refractivity contribution in [3.05, 3.63) is 101 Å². The van der Waals surface area contributed by atoms with Crippen molar-refractivity contribution >= 4 is 43.3 Å². The topological polar surface area (TPSA) is 134 Å². The Morgan fingerprint density at radius 1 is 1.08 bits per heavy atom. The average molecular weight is 578 g/mol. The maximum absolute atomic E-state index is 13.4. The van der Waals surface area contributed by atoms with Gasteiger partial charge in [0.1, 0.15) is 5.82 Å². The molecule has 3 aromatic carbocycles. The van der Waals surface area contributed by atoms with Crippen LogP contribution in [0, 0.1) is 5.82 Å². The third-order valence-corrected chi connectivity index (χ3v) is 8.75. The largest absolute Gasteiger partial charge is 0.353 e. The number of sulfonamides is 2. The van der Waals surface area contributed by atoms with Crippen molar-refractivity contribution in [3.63, 3.8) is 0 Å². The number of nitrogens with one attached hydrogen (secondary N) is 1. The third-order valence-electron chi connectivity index (χ3n) is 5.93. The molecule has 13 heteroatoms. The van der Waals surface area contributed by atoms with Gasteiger partial charge in [-0.25, -0.2) is 23.0 Å². The summed E-state index contributed by atoms with van der Waals surface area (Å²) in [5, 5.41) is 13.6. The molecule has 0 unspecified atom stereocenters. The van der Waals surface area contributed by atoms with E-state index in [-0.39, 0.29) is 29.9 Å². The van der Waals surface area contributed by atoms with Crippen LogP contribution in [0.1, 0.15) is 24.0 Å². The summed E-state index contributed by atoms with van der Waals surface area (Å²) in [4.78, 5) is -0.238. The van der Waals surface area contributed by atoms with Crippen LogP contribution in [0.2, 0.25) is 5.02 Å². The average Bonchev–Trinajstić information content (AvgIpc) is 3.32. The first kappa shape index (κ1) is 27.7. The predicted octanol–water partition coefficient (Wildman–Crippen LogP) is 3.29. The van der Waals surface area contributed by atoms with Gasteiger partial charge < -0.3 is 5.32 Å². The molecule has 200 valence electrons. The minimum Gasteiger partial charge on any atom is -0.353 e. The second-order valence-electron chi connectivity index (χ2n) is 8.66. The Labute approximate surface area is 225 Å². The van der Waals surface area contributed by atoms with Crippen molar-refractivity contribution in [1.82, 2.24) is 10.3 Å². The van der Waals surface area contributed by atoms with Crippen LogP contribution < -0.4 is 10.5 Å². The molecule has 0 radical (unpaired) electrons. The van der Waals surface area contributed by atoms with E-state index in [1.165, 1.54) is 11.9 Å². The Kier molecular flexibility index (Phi) is 8.16. The van der Waals surface area contributed by atoms with Crippen LogP contribution in [0.5, 0.6) is 0 Å². The molecule has 0 aromatic heterocycles. The highest BCUT2D eigenvalue weighted by atomic mass is 35.5. The SMILES string of the molecule is C[C@H](CN/C(=N\S(=O)(=O)c1ccc(F)cc1)N1C[C@@H](c2ccccc2)C(c2ccc(Cl)cc2)=N1)S(N)(=O)=O. The van der Waals surface area contributed by atoms with Crippen molar-refractivity contribution in [3.8, 4) is 0 Å². The standard InChI is InChI=1S/C25H25ClFN5O4S2/c1-17(37(28,33)34)15-29-25(31-38(35,36)22-13-11-21(27)12-14-22)32-16-23(18-5-3-2-4-6-18)24(30-32)19-7-9-20(26)10-8-19/h2-14,17,23H,15-16H2,1H3,(H,29,31)(H2,28,33,34)/t17-,23+/m1/s1. The Morgan fingerprint density at radius 3 is 2.32 bits per heavy atom. The molecule has 0 bridgehead atoms. The zero-order valence-corrected chi connectivity index (χ0v) is 22.6. The van der Waals surface area contributed by atoms with Gasteiger partial charge in [0.2, 0.25) is 16.0 Å². The van der Waals surface area contributed by atoms with Gasteiger partial charge >= 0.3 is 0 Å². The first-order valence-electron chi connectivity index (χ1n) is 11.5. The monoisotopic (exact) mass is 577 g/mol. The van der Waals surface area contributed by atoms with Crippen LogP contribution >= 0.6 is 11.6 Å². The van der Waals surface area contributed by atoms with Crippen molar-refractivity contribution in [2.75, 3.05) is 13.1 Å². The molecule has 0 fully saturated rings. The van der Waals surface area contributed by atoms with Gasteiger partial charge in [0, 0.05) is 17.5 Å². The number of hydrogen-bond acceptors (Lipinski definition) is 5. The highest BCUT2D eigenvalue weighted by Crippen LogP contribution is 2.30. The number of hydrazone groups is 1. The Balaban J connectivity index is 1.78. The van der Waals surface area contributed by atoms with Crippen molar-refractivity contribution < 1.29 is 21.2 Å². The van der Waals surface area contributed by atoms with Crippen LogP contribution in [-0.2, 0) is 20.0 Å². The molecule has 1 heterocycles. The van der Waals surface area contributed by atoms with E-state index in [2.05, 4.69) is 14.8 Å². The molecule has 0 aliphatic carbocycles. The molecule has 0 saturated carbocycles. The van der Waals surface area contributed by atoms with E-state index in [9.17, 15) is 21.2 Å². The minimum atomic E-state index is -4.32.